The van der Waals surface area contributed by atoms with Gasteiger partial charge in [0.2, 0.25) is 5.75 Å². The second-order valence-electron chi connectivity index (χ2n) is 4.99. The first kappa shape index (κ1) is 14.6. The van der Waals surface area contributed by atoms with E-state index in [1.807, 2.05) is 6.92 Å². The van der Waals surface area contributed by atoms with Crippen molar-refractivity contribution >= 4 is 5.69 Å². The quantitative estimate of drug-likeness (QED) is 0.639. The van der Waals surface area contributed by atoms with E-state index in [0.717, 1.165) is 25.7 Å². The van der Waals surface area contributed by atoms with Crippen LogP contribution in [0.1, 0.15) is 32.6 Å². The predicted molar refractivity (Wildman–Crippen MR) is 75.1 cm³/mol. The molecule has 0 spiro atoms. The van der Waals surface area contributed by atoms with Gasteiger partial charge in [0.1, 0.15) is 11.9 Å². The minimum atomic E-state index is -0.448. The lowest BCUT2D eigenvalue weighted by atomic mass is 10.2. The second-order valence-corrected chi connectivity index (χ2v) is 4.99. The van der Waals surface area contributed by atoms with Crippen LogP contribution in [-0.4, -0.2) is 23.7 Å². The lowest BCUT2D eigenvalue weighted by Gasteiger charge is -2.18. The van der Waals surface area contributed by atoms with E-state index in [-0.39, 0.29) is 23.6 Å². The third-order valence-electron chi connectivity index (χ3n) is 3.38. The van der Waals surface area contributed by atoms with E-state index in [4.69, 9.17) is 15.2 Å². The molecule has 0 saturated heterocycles. The zero-order chi connectivity index (χ0) is 14.5. The molecule has 2 N–H and O–H groups in total. The van der Waals surface area contributed by atoms with Gasteiger partial charge in [-0.1, -0.05) is 6.92 Å². The van der Waals surface area contributed by atoms with Gasteiger partial charge in [0.05, 0.1) is 11.5 Å². The van der Waals surface area contributed by atoms with Crippen molar-refractivity contribution in [2.75, 3.05) is 6.61 Å². The second kappa shape index (κ2) is 6.56. The molecule has 0 bridgehead atoms. The molecule has 1 aromatic rings. The summed E-state index contributed by atoms with van der Waals surface area (Å²) in [5.41, 5.74) is 5.92. The van der Waals surface area contributed by atoms with Gasteiger partial charge in [0.15, 0.2) is 0 Å². The van der Waals surface area contributed by atoms with E-state index in [0.29, 0.717) is 12.4 Å². The van der Waals surface area contributed by atoms with Crippen LogP contribution >= 0.6 is 0 Å². The smallest absolute Gasteiger partial charge is 0.311 e. The Morgan fingerprint density at radius 3 is 2.85 bits per heavy atom. The molecule has 1 aliphatic carbocycles. The van der Waals surface area contributed by atoms with E-state index < -0.39 is 4.92 Å². The molecule has 0 radical (unpaired) electrons. The van der Waals surface area contributed by atoms with Crippen LogP contribution in [0.4, 0.5) is 5.69 Å². The fourth-order valence-corrected chi connectivity index (χ4v) is 2.32. The largest absolute Gasteiger partial charge is 0.489 e. The highest BCUT2D eigenvalue weighted by Gasteiger charge is 2.26. The third kappa shape index (κ3) is 3.39. The first-order valence-corrected chi connectivity index (χ1v) is 6.95. The molecule has 0 aromatic heterocycles. The highest BCUT2D eigenvalue weighted by atomic mass is 16.6. The maximum absolute atomic E-state index is 11.0. The molecule has 1 aromatic carbocycles. The summed E-state index contributed by atoms with van der Waals surface area (Å²) in [7, 11) is 0. The van der Waals surface area contributed by atoms with Crippen molar-refractivity contribution in [3.8, 4) is 11.5 Å². The van der Waals surface area contributed by atoms with Crippen molar-refractivity contribution < 1.29 is 14.4 Å². The number of benzene rings is 1. The van der Waals surface area contributed by atoms with E-state index >= 15 is 0 Å². The highest BCUT2D eigenvalue weighted by Crippen LogP contribution is 2.33. The lowest BCUT2D eigenvalue weighted by molar-refractivity contribution is -0.385. The number of hydrogen-bond acceptors (Lipinski definition) is 5. The van der Waals surface area contributed by atoms with Gasteiger partial charge in [-0.15, -0.1) is 0 Å². The van der Waals surface area contributed by atoms with Gasteiger partial charge in [0.25, 0.3) is 0 Å². The Bertz CT molecular complexity index is 478. The van der Waals surface area contributed by atoms with E-state index in [1.54, 1.807) is 12.1 Å². The Kier molecular flexibility index (Phi) is 4.79. The molecule has 2 unspecified atom stereocenters. The van der Waals surface area contributed by atoms with Crippen LogP contribution in [-0.2, 0) is 0 Å². The molecule has 110 valence electrons. The Balaban J connectivity index is 2.15. The summed E-state index contributed by atoms with van der Waals surface area (Å²) in [5, 5.41) is 11.0. The Morgan fingerprint density at radius 2 is 2.25 bits per heavy atom. The van der Waals surface area contributed by atoms with E-state index in [9.17, 15) is 10.1 Å². The van der Waals surface area contributed by atoms with Crippen LogP contribution in [0.25, 0.3) is 0 Å². The topological polar surface area (TPSA) is 87.6 Å². The van der Waals surface area contributed by atoms with Gasteiger partial charge >= 0.3 is 5.69 Å². The summed E-state index contributed by atoms with van der Waals surface area (Å²) in [6.45, 7) is 2.39. The summed E-state index contributed by atoms with van der Waals surface area (Å²) < 4.78 is 11.2. The maximum Gasteiger partial charge on any atom is 0.311 e. The van der Waals surface area contributed by atoms with Crippen molar-refractivity contribution in [1.82, 2.24) is 0 Å². The molecule has 2 atom stereocenters. The van der Waals surface area contributed by atoms with Gasteiger partial charge in [0, 0.05) is 18.2 Å². The number of nitro benzene ring substituents is 1. The van der Waals surface area contributed by atoms with Crippen molar-refractivity contribution in [3.63, 3.8) is 0 Å². The van der Waals surface area contributed by atoms with Crippen LogP contribution in [0.15, 0.2) is 18.2 Å². The Morgan fingerprint density at radius 1 is 1.45 bits per heavy atom. The van der Waals surface area contributed by atoms with Gasteiger partial charge in [-0.3, -0.25) is 10.1 Å². The van der Waals surface area contributed by atoms with Crippen LogP contribution in [0.2, 0.25) is 0 Å². The maximum atomic E-state index is 11.0. The van der Waals surface area contributed by atoms with Crippen LogP contribution in [0.3, 0.4) is 0 Å². The fourth-order valence-electron chi connectivity index (χ4n) is 2.32. The molecule has 2 rings (SSSR count). The van der Waals surface area contributed by atoms with E-state index in [1.165, 1.54) is 6.07 Å². The molecule has 6 nitrogen and oxygen atoms in total. The summed E-state index contributed by atoms with van der Waals surface area (Å²) in [6.07, 6.45) is 3.70. The minimum Gasteiger partial charge on any atom is -0.489 e. The molecular formula is C14H20N2O4. The first-order valence-electron chi connectivity index (χ1n) is 6.95. The van der Waals surface area contributed by atoms with Crippen LogP contribution in [0.5, 0.6) is 11.5 Å². The van der Waals surface area contributed by atoms with Gasteiger partial charge in [-0.05, 0) is 31.7 Å². The van der Waals surface area contributed by atoms with Crippen LogP contribution in [0, 0.1) is 10.1 Å². The number of ether oxygens (including phenoxy) is 2. The average molecular weight is 280 g/mol. The molecule has 20 heavy (non-hydrogen) atoms. The summed E-state index contributed by atoms with van der Waals surface area (Å²) in [4.78, 5) is 10.5. The standard InChI is InChI=1S/C14H20N2O4/c1-2-8-19-14-9-10(6-7-12(14)16(17)18)20-13-5-3-4-11(13)15/h6-7,9,11,13H,2-5,8,15H2,1H3. The molecular weight excluding hydrogens is 260 g/mol. The SMILES string of the molecule is CCCOc1cc(OC2CCCC2N)ccc1[N+](=O)[O-]. The molecule has 0 heterocycles. The molecule has 0 amide bonds. The fraction of sp³-hybridized carbons (Fsp3) is 0.571. The number of nitrogens with two attached hydrogens (primary N) is 1. The molecule has 1 saturated carbocycles. The van der Waals surface area contributed by atoms with Crippen LogP contribution < -0.4 is 15.2 Å². The number of hydrogen-bond donors (Lipinski definition) is 1. The zero-order valence-electron chi connectivity index (χ0n) is 11.6. The normalized spacial score (nSPS) is 21.7. The van der Waals surface area contributed by atoms with Crippen molar-refractivity contribution in [2.24, 2.45) is 5.73 Å². The zero-order valence-corrected chi connectivity index (χ0v) is 11.6. The Hall–Kier alpha value is -1.82. The average Bonchev–Trinajstić information content (AvgIpc) is 2.82. The molecule has 1 fully saturated rings. The van der Waals surface area contributed by atoms with Crippen molar-refractivity contribution in [3.05, 3.63) is 28.3 Å². The van der Waals surface area contributed by atoms with E-state index in [2.05, 4.69) is 0 Å². The number of nitrogens with zero attached hydrogens (tertiary/aromatic N) is 1. The van der Waals surface area contributed by atoms with Crippen molar-refractivity contribution in [1.29, 1.82) is 0 Å². The third-order valence-corrected chi connectivity index (χ3v) is 3.38. The highest BCUT2D eigenvalue weighted by molar-refractivity contribution is 5.50. The first-order chi connectivity index (χ1) is 9.61. The van der Waals surface area contributed by atoms with Gasteiger partial charge in [-0.25, -0.2) is 0 Å². The minimum absolute atomic E-state index is 0.0181. The summed E-state index contributed by atoms with van der Waals surface area (Å²) in [6, 6.07) is 4.63. The lowest BCUT2D eigenvalue weighted by Crippen LogP contribution is -2.33. The Labute approximate surface area is 118 Å². The summed E-state index contributed by atoms with van der Waals surface area (Å²) >= 11 is 0. The molecule has 1 aliphatic rings. The number of nitro groups is 1. The monoisotopic (exact) mass is 280 g/mol. The molecule has 0 aliphatic heterocycles. The van der Waals surface area contributed by atoms with Crippen molar-refractivity contribution in [2.45, 2.75) is 44.8 Å². The van der Waals surface area contributed by atoms with Gasteiger partial charge in [-0.2, -0.15) is 0 Å². The molecule has 6 heteroatoms. The predicted octanol–water partition coefficient (Wildman–Crippen LogP) is 2.64. The number of rotatable bonds is 6. The summed E-state index contributed by atoms with van der Waals surface area (Å²) in [5.74, 6) is 0.824. The van der Waals surface area contributed by atoms with Gasteiger partial charge < -0.3 is 15.2 Å².